The number of fused-ring (bicyclic) bond motifs is 3. The van der Waals surface area contributed by atoms with Crippen LogP contribution in [0.25, 0.3) is 16.6 Å². The van der Waals surface area contributed by atoms with Crippen LogP contribution in [0.2, 0.25) is 0 Å². The van der Waals surface area contributed by atoms with Gasteiger partial charge in [0.05, 0.1) is 5.52 Å². The topological polar surface area (TPSA) is 81.3 Å². The molecule has 0 saturated carbocycles. The monoisotopic (exact) mass is 361 g/mol. The average molecular weight is 361 g/mol. The minimum absolute atomic E-state index is 0.166. The summed E-state index contributed by atoms with van der Waals surface area (Å²) in [4.78, 5) is 29.3. The van der Waals surface area contributed by atoms with Gasteiger partial charge in [0, 0.05) is 11.1 Å². The van der Waals surface area contributed by atoms with Crippen molar-refractivity contribution >= 4 is 28.1 Å². The molecule has 0 bridgehead atoms. The van der Waals surface area contributed by atoms with Crippen LogP contribution < -0.4 is 11.0 Å². The molecule has 2 heterocycles. The second kappa shape index (κ2) is 6.35. The standard InChI is InChI=1S/C20H19N5O2/c1-12-4-6-16(14(3)8-12)22-18(26)10-25-20(27)24-11-21-17-7-5-13(2)9-15(17)19(24)23-25/h4-9,11H,10H2,1-3H3,(H,22,26). The summed E-state index contributed by atoms with van der Waals surface area (Å²) < 4.78 is 2.53. The lowest BCUT2D eigenvalue weighted by Crippen LogP contribution is -2.28. The Kier molecular flexibility index (Phi) is 3.99. The first-order valence-electron chi connectivity index (χ1n) is 8.64. The predicted molar refractivity (Wildman–Crippen MR) is 104 cm³/mol. The van der Waals surface area contributed by atoms with E-state index in [0.717, 1.165) is 38.0 Å². The Morgan fingerprint density at radius 2 is 1.81 bits per heavy atom. The van der Waals surface area contributed by atoms with E-state index in [1.807, 2.05) is 57.2 Å². The number of benzene rings is 2. The molecular weight excluding hydrogens is 342 g/mol. The summed E-state index contributed by atoms with van der Waals surface area (Å²) in [5.74, 6) is -0.305. The molecule has 0 aliphatic rings. The Labute approximate surface area is 155 Å². The van der Waals surface area contributed by atoms with Gasteiger partial charge >= 0.3 is 5.69 Å². The van der Waals surface area contributed by atoms with Crippen LogP contribution in [0.3, 0.4) is 0 Å². The van der Waals surface area contributed by atoms with Crippen LogP contribution in [-0.2, 0) is 11.3 Å². The summed E-state index contributed by atoms with van der Waals surface area (Å²) in [5.41, 5.74) is 4.72. The molecule has 2 aromatic heterocycles. The molecule has 0 atom stereocenters. The van der Waals surface area contributed by atoms with Gasteiger partial charge < -0.3 is 5.32 Å². The lowest BCUT2D eigenvalue weighted by Gasteiger charge is -2.08. The van der Waals surface area contributed by atoms with Crippen LogP contribution >= 0.6 is 0 Å². The molecule has 0 radical (unpaired) electrons. The molecule has 0 spiro atoms. The number of rotatable bonds is 3. The lowest BCUT2D eigenvalue weighted by molar-refractivity contribution is -0.117. The Balaban J connectivity index is 1.68. The highest BCUT2D eigenvalue weighted by Gasteiger charge is 2.14. The van der Waals surface area contributed by atoms with Crippen LogP contribution in [0.5, 0.6) is 0 Å². The quantitative estimate of drug-likeness (QED) is 0.608. The van der Waals surface area contributed by atoms with E-state index in [2.05, 4.69) is 15.4 Å². The molecule has 136 valence electrons. The first-order chi connectivity index (χ1) is 12.9. The largest absolute Gasteiger partial charge is 0.352 e. The minimum atomic E-state index is -0.392. The Hall–Kier alpha value is -3.48. The van der Waals surface area contributed by atoms with Gasteiger partial charge in [0.1, 0.15) is 12.9 Å². The summed E-state index contributed by atoms with van der Waals surface area (Å²) >= 11 is 0. The van der Waals surface area contributed by atoms with Crippen molar-refractivity contribution in [3.63, 3.8) is 0 Å². The van der Waals surface area contributed by atoms with Crippen LogP contribution in [0.1, 0.15) is 16.7 Å². The molecule has 0 saturated heterocycles. The summed E-state index contributed by atoms with van der Waals surface area (Å²) in [5, 5.41) is 7.99. The van der Waals surface area contributed by atoms with E-state index in [1.165, 1.54) is 10.7 Å². The smallest absolute Gasteiger partial charge is 0.324 e. The van der Waals surface area contributed by atoms with Crippen LogP contribution in [0.15, 0.2) is 47.5 Å². The Morgan fingerprint density at radius 1 is 1.07 bits per heavy atom. The fraction of sp³-hybridized carbons (Fsp3) is 0.200. The van der Waals surface area contributed by atoms with Crippen molar-refractivity contribution in [1.29, 1.82) is 0 Å². The SMILES string of the molecule is Cc1ccc(NC(=O)Cn2nc3c4cc(C)ccc4ncn3c2=O)c(C)c1. The van der Waals surface area contributed by atoms with E-state index < -0.39 is 5.69 Å². The lowest BCUT2D eigenvalue weighted by atomic mass is 10.1. The van der Waals surface area contributed by atoms with Gasteiger partial charge in [-0.15, -0.1) is 5.10 Å². The van der Waals surface area contributed by atoms with Crippen molar-refractivity contribution in [2.24, 2.45) is 0 Å². The normalized spacial score (nSPS) is 11.2. The molecule has 4 aromatic rings. The fourth-order valence-electron chi connectivity index (χ4n) is 3.15. The molecular formula is C20H19N5O2. The van der Waals surface area contributed by atoms with E-state index in [9.17, 15) is 9.59 Å². The summed E-state index contributed by atoms with van der Waals surface area (Å²) in [6, 6.07) is 11.6. The van der Waals surface area contributed by atoms with Gasteiger partial charge in [0.2, 0.25) is 5.91 Å². The van der Waals surface area contributed by atoms with Crippen molar-refractivity contribution in [3.05, 3.63) is 69.9 Å². The number of hydrogen-bond acceptors (Lipinski definition) is 4. The van der Waals surface area contributed by atoms with Crippen LogP contribution in [-0.4, -0.2) is 25.1 Å². The van der Waals surface area contributed by atoms with Gasteiger partial charge in [0.15, 0.2) is 5.65 Å². The zero-order chi connectivity index (χ0) is 19.1. The summed E-state index contributed by atoms with van der Waals surface area (Å²) in [6.07, 6.45) is 1.45. The van der Waals surface area contributed by atoms with E-state index >= 15 is 0 Å². The van der Waals surface area contributed by atoms with Crippen molar-refractivity contribution in [2.75, 3.05) is 5.32 Å². The number of hydrogen-bond donors (Lipinski definition) is 1. The van der Waals surface area contributed by atoms with Crippen molar-refractivity contribution < 1.29 is 4.79 Å². The molecule has 0 aliphatic heterocycles. The third-order valence-electron chi connectivity index (χ3n) is 4.53. The highest BCUT2D eigenvalue weighted by atomic mass is 16.2. The third kappa shape index (κ3) is 3.08. The zero-order valence-corrected chi connectivity index (χ0v) is 15.4. The maximum Gasteiger partial charge on any atom is 0.352 e. The number of nitrogens with zero attached hydrogens (tertiary/aromatic N) is 4. The van der Waals surface area contributed by atoms with Crippen LogP contribution in [0, 0.1) is 20.8 Å². The van der Waals surface area contributed by atoms with Gasteiger partial charge in [-0.3, -0.25) is 4.79 Å². The Bertz CT molecular complexity index is 1250. The van der Waals surface area contributed by atoms with Gasteiger partial charge in [0.25, 0.3) is 0 Å². The van der Waals surface area contributed by atoms with Crippen molar-refractivity contribution in [1.82, 2.24) is 19.2 Å². The summed E-state index contributed by atoms with van der Waals surface area (Å²) in [6.45, 7) is 5.73. The number of aromatic nitrogens is 4. The number of anilines is 1. The van der Waals surface area contributed by atoms with Crippen molar-refractivity contribution in [3.8, 4) is 0 Å². The molecule has 7 nitrogen and oxygen atoms in total. The van der Waals surface area contributed by atoms with E-state index in [-0.39, 0.29) is 12.5 Å². The minimum Gasteiger partial charge on any atom is -0.324 e. The number of carbonyl (C=O) groups excluding carboxylic acids is 1. The highest BCUT2D eigenvalue weighted by molar-refractivity contribution is 5.92. The number of amides is 1. The molecule has 27 heavy (non-hydrogen) atoms. The highest BCUT2D eigenvalue weighted by Crippen LogP contribution is 2.18. The molecule has 1 N–H and O–H groups in total. The molecule has 0 unspecified atom stereocenters. The number of aryl methyl sites for hydroxylation is 3. The van der Waals surface area contributed by atoms with Crippen LogP contribution in [0.4, 0.5) is 5.69 Å². The van der Waals surface area contributed by atoms with E-state index in [4.69, 9.17) is 0 Å². The summed E-state index contributed by atoms with van der Waals surface area (Å²) in [7, 11) is 0. The zero-order valence-electron chi connectivity index (χ0n) is 15.4. The van der Waals surface area contributed by atoms with Crippen molar-refractivity contribution in [2.45, 2.75) is 27.3 Å². The predicted octanol–water partition coefficient (Wildman–Crippen LogP) is 2.61. The molecule has 1 amide bonds. The fourth-order valence-corrected chi connectivity index (χ4v) is 3.15. The molecule has 4 rings (SSSR count). The second-order valence-electron chi connectivity index (χ2n) is 6.77. The first kappa shape index (κ1) is 17.0. The molecule has 2 aromatic carbocycles. The maximum absolute atomic E-state index is 12.6. The Morgan fingerprint density at radius 3 is 2.59 bits per heavy atom. The van der Waals surface area contributed by atoms with Gasteiger partial charge in [-0.2, -0.15) is 0 Å². The average Bonchev–Trinajstić information content (AvgIpc) is 2.94. The number of nitrogens with one attached hydrogen (secondary N) is 1. The van der Waals surface area contributed by atoms with Gasteiger partial charge in [-0.25, -0.2) is 18.9 Å². The molecule has 0 fully saturated rings. The molecule has 0 aliphatic carbocycles. The maximum atomic E-state index is 12.6. The van der Waals surface area contributed by atoms with Gasteiger partial charge in [-0.05, 0) is 44.5 Å². The van der Waals surface area contributed by atoms with Gasteiger partial charge in [-0.1, -0.05) is 29.3 Å². The third-order valence-corrected chi connectivity index (χ3v) is 4.53. The number of carbonyl (C=O) groups is 1. The second-order valence-corrected chi connectivity index (χ2v) is 6.77. The molecule has 7 heteroatoms. The van der Waals surface area contributed by atoms with E-state index in [1.54, 1.807) is 0 Å². The van der Waals surface area contributed by atoms with E-state index in [0.29, 0.717) is 5.65 Å². The first-order valence-corrected chi connectivity index (χ1v) is 8.64.